The van der Waals surface area contributed by atoms with Gasteiger partial charge in [-0.25, -0.2) is 8.42 Å². The molecule has 0 aliphatic rings. The molecule has 0 heterocycles. The highest BCUT2D eigenvalue weighted by atomic mass is 32.2. The zero-order valence-electron chi connectivity index (χ0n) is 31.5. The molecule has 4 aromatic carbocycles. The van der Waals surface area contributed by atoms with Crippen LogP contribution in [-0.2, 0) is 9.84 Å². The van der Waals surface area contributed by atoms with Crippen molar-refractivity contribution in [3.05, 3.63) is 95.1 Å². The summed E-state index contributed by atoms with van der Waals surface area (Å²) in [6, 6.07) is 17.1. The number of benzene rings is 4. The van der Waals surface area contributed by atoms with Gasteiger partial charge in [-0.1, -0.05) is 24.3 Å². The molecule has 0 saturated heterocycles. The molecule has 12 nitrogen and oxygen atoms in total. The highest BCUT2D eigenvalue weighted by Crippen LogP contribution is 2.51. The average molecular weight is 751 g/mol. The quantitative estimate of drug-likeness (QED) is 0.101. The minimum absolute atomic E-state index is 0.158. The average Bonchev–Trinajstić information content (AvgIpc) is 3.19. The van der Waals surface area contributed by atoms with Crippen molar-refractivity contribution >= 4 is 22.0 Å². The van der Waals surface area contributed by atoms with Gasteiger partial charge in [-0.3, -0.25) is 0 Å². The van der Waals surface area contributed by atoms with Crippen LogP contribution in [0.4, 0.5) is 0 Å². The Bertz CT molecular complexity index is 1850. The van der Waals surface area contributed by atoms with Crippen molar-refractivity contribution in [3.63, 3.8) is 0 Å². The van der Waals surface area contributed by atoms with E-state index in [9.17, 15) is 0 Å². The minimum atomic E-state index is -4.43. The van der Waals surface area contributed by atoms with Crippen molar-refractivity contribution in [2.24, 2.45) is 0 Å². The summed E-state index contributed by atoms with van der Waals surface area (Å²) in [6.07, 6.45) is 6.40. The summed E-state index contributed by atoms with van der Waals surface area (Å²) in [6.45, 7) is 0. The van der Waals surface area contributed by atoms with Crippen molar-refractivity contribution < 1.29 is 55.8 Å². The van der Waals surface area contributed by atoms with Gasteiger partial charge in [0, 0.05) is 11.1 Å². The summed E-state index contributed by atoms with van der Waals surface area (Å²) in [7, 11) is 10.4. The summed E-state index contributed by atoms with van der Waals surface area (Å²) in [4.78, 5) is 0. The van der Waals surface area contributed by atoms with Crippen LogP contribution >= 0.6 is 0 Å². The molecule has 0 N–H and O–H groups in total. The Kier molecular flexibility index (Phi) is 13.8. The van der Waals surface area contributed by atoms with Gasteiger partial charge in [0.05, 0.1) is 82.2 Å². The molecule has 4 aromatic rings. The molecule has 2 unspecified atom stereocenters. The molecule has 0 aromatic heterocycles. The maximum atomic E-state index is 15.7. The highest BCUT2D eigenvalue weighted by molar-refractivity contribution is 7.92. The summed E-state index contributed by atoms with van der Waals surface area (Å²) in [5, 5.41) is -2.78. The Labute approximate surface area is 311 Å². The third-order valence-electron chi connectivity index (χ3n) is 8.60. The maximum absolute atomic E-state index is 15.7. The van der Waals surface area contributed by atoms with Crippen LogP contribution in [0, 0.1) is 0 Å². The third-order valence-corrected chi connectivity index (χ3v) is 10.8. The van der Waals surface area contributed by atoms with E-state index in [1.807, 2.05) is 0 Å². The predicted octanol–water partition coefficient (Wildman–Crippen LogP) is 7.40. The highest BCUT2D eigenvalue weighted by Gasteiger charge is 2.39. The van der Waals surface area contributed by atoms with E-state index in [-0.39, 0.29) is 34.1 Å². The monoisotopic (exact) mass is 750 g/mol. The summed E-state index contributed by atoms with van der Waals surface area (Å²) in [5.74, 6) is 3.32. The van der Waals surface area contributed by atoms with Crippen LogP contribution < -0.4 is 47.4 Å². The van der Waals surface area contributed by atoms with Crippen LogP contribution in [-0.4, -0.2) is 79.5 Å². The first-order valence-electron chi connectivity index (χ1n) is 16.2. The first-order valence-corrected chi connectivity index (χ1v) is 17.8. The Balaban J connectivity index is 2.14. The smallest absolute Gasteiger partial charge is 0.203 e. The van der Waals surface area contributed by atoms with Gasteiger partial charge in [0.15, 0.2) is 32.8 Å². The van der Waals surface area contributed by atoms with Crippen LogP contribution in [0.3, 0.4) is 0 Å². The molecule has 0 saturated carbocycles. The molecule has 0 spiro atoms. The first-order chi connectivity index (χ1) is 25.6. The molecule has 0 aliphatic carbocycles. The molecular formula is C40H46O12S. The van der Waals surface area contributed by atoms with E-state index in [2.05, 4.69) is 0 Å². The summed E-state index contributed by atoms with van der Waals surface area (Å²) in [5.41, 5.74) is 1.57. The van der Waals surface area contributed by atoms with Gasteiger partial charge < -0.3 is 47.4 Å². The first kappa shape index (κ1) is 40.1. The van der Waals surface area contributed by atoms with Crippen LogP contribution in [0.2, 0.25) is 0 Å². The maximum Gasteiger partial charge on any atom is 0.203 e. The van der Waals surface area contributed by atoms with Crippen LogP contribution in [0.1, 0.15) is 32.8 Å². The normalized spacial score (nSPS) is 12.6. The third kappa shape index (κ3) is 8.05. The Morgan fingerprint density at radius 1 is 0.396 bits per heavy atom. The number of ether oxygens (including phenoxy) is 10. The largest absolute Gasteiger partial charge is 0.496 e. The standard InChI is InChI=1S/C40H46O12S/c1-43-29-13-11-14-30(44-2)25(29)19-23-35(27-17-21-33(47-5)39(51-9)37(27)49-7)53(41,42)36(24-20-26-31(45-3)15-12-16-32(26)46-4)28-18-22-34(48-6)40(52-10)38(28)50-8/h11-24,35-36H,1-10H3. The second-order valence-electron chi connectivity index (χ2n) is 11.1. The molecule has 13 heteroatoms. The molecule has 0 aliphatic heterocycles. The Morgan fingerprint density at radius 2 is 0.698 bits per heavy atom. The van der Waals surface area contributed by atoms with E-state index >= 15 is 8.42 Å². The lowest BCUT2D eigenvalue weighted by atomic mass is 10.1. The van der Waals surface area contributed by atoms with E-state index in [1.165, 1.54) is 71.1 Å². The molecule has 53 heavy (non-hydrogen) atoms. The number of methoxy groups -OCH3 is 10. The summed E-state index contributed by atoms with van der Waals surface area (Å²) >= 11 is 0. The Morgan fingerprint density at radius 3 is 0.962 bits per heavy atom. The van der Waals surface area contributed by atoms with E-state index in [4.69, 9.17) is 47.4 Å². The van der Waals surface area contributed by atoms with Gasteiger partial charge in [-0.2, -0.15) is 0 Å². The number of hydrogen-bond acceptors (Lipinski definition) is 12. The van der Waals surface area contributed by atoms with Gasteiger partial charge in [0.2, 0.25) is 11.5 Å². The van der Waals surface area contributed by atoms with Crippen molar-refractivity contribution in [3.8, 4) is 57.5 Å². The van der Waals surface area contributed by atoms with Crippen LogP contribution in [0.5, 0.6) is 57.5 Å². The SMILES string of the molecule is COc1cccc(OC)c1C=CC(c1ccc(OC)c(OC)c1OC)S(=O)(=O)C(C=Cc1c(OC)cccc1OC)c1ccc(OC)c(OC)c1OC. The number of hydrogen-bond donors (Lipinski definition) is 0. The van der Waals surface area contributed by atoms with Crippen molar-refractivity contribution in [1.29, 1.82) is 0 Å². The van der Waals surface area contributed by atoms with Crippen molar-refractivity contribution in [2.45, 2.75) is 10.5 Å². The van der Waals surface area contributed by atoms with Gasteiger partial charge >= 0.3 is 0 Å². The molecule has 0 bridgehead atoms. The topological polar surface area (TPSA) is 126 Å². The Hall–Kier alpha value is -5.69. The zero-order valence-corrected chi connectivity index (χ0v) is 32.4. The lowest BCUT2D eigenvalue weighted by Crippen LogP contribution is -2.20. The van der Waals surface area contributed by atoms with E-state index < -0.39 is 20.3 Å². The summed E-state index contributed by atoms with van der Waals surface area (Å²) < 4.78 is 88.0. The zero-order chi connectivity index (χ0) is 38.7. The van der Waals surface area contributed by atoms with Gasteiger partial charge in [0.25, 0.3) is 0 Å². The molecule has 284 valence electrons. The fourth-order valence-electron chi connectivity index (χ4n) is 6.09. The number of rotatable bonds is 18. The predicted molar refractivity (Wildman–Crippen MR) is 204 cm³/mol. The fraction of sp³-hybridized carbons (Fsp3) is 0.300. The molecule has 0 fully saturated rings. The van der Waals surface area contributed by atoms with Crippen molar-refractivity contribution in [1.82, 2.24) is 0 Å². The minimum Gasteiger partial charge on any atom is -0.496 e. The van der Waals surface area contributed by atoms with E-state index in [0.29, 0.717) is 45.6 Å². The van der Waals surface area contributed by atoms with Gasteiger partial charge in [-0.15, -0.1) is 0 Å². The van der Waals surface area contributed by atoms with Gasteiger partial charge in [0.1, 0.15) is 33.5 Å². The van der Waals surface area contributed by atoms with E-state index in [0.717, 1.165) is 0 Å². The number of sulfone groups is 1. The lowest BCUT2D eigenvalue weighted by molar-refractivity contribution is 0.322. The fourth-order valence-corrected chi connectivity index (χ4v) is 8.08. The molecule has 0 radical (unpaired) electrons. The molecular weight excluding hydrogens is 704 g/mol. The molecule has 4 rings (SSSR count). The van der Waals surface area contributed by atoms with Gasteiger partial charge in [-0.05, 0) is 60.7 Å². The lowest BCUT2D eigenvalue weighted by Gasteiger charge is -2.26. The molecule has 0 amide bonds. The van der Waals surface area contributed by atoms with Crippen molar-refractivity contribution in [2.75, 3.05) is 71.1 Å². The van der Waals surface area contributed by atoms with Crippen LogP contribution in [0.15, 0.2) is 72.8 Å². The second kappa shape index (κ2) is 18.2. The second-order valence-corrected chi connectivity index (χ2v) is 13.3. The molecule has 2 atom stereocenters. The van der Waals surface area contributed by atoms with Crippen LogP contribution in [0.25, 0.3) is 12.2 Å². The van der Waals surface area contributed by atoms with E-state index in [1.54, 1.807) is 85.0 Å².